The van der Waals surface area contributed by atoms with Crippen molar-refractivity contribution in [2.24, 2.45) is 0 Å². The molecular formula is C12H16ClN3O3S. The van der Waals surface area contributed by atoms with Crippen molar-refractivity contribution in [1.82, 2.24) is 15.2 Å². The normalized spacial score (nSPS) is 27.5. The van der Waals surface area contributed by atoms with Crippen molar-refractivity contribution in [1.29, 1.82) is 0 Å². The Bertz CT molecular complexity index is 593. The molecule has 0 spiro atoms. The first kappa shape index (κ1) is 15.2. The first-order valence-corrected chi connectivity index (χ1v) is 8.05. The molecule has 1 amide bonds. The number of hydrogen-bond acceptors (Lipinski definition) is 5. The summed E-state index contributed by atoms with van der Waals surface area (Å²) in [7, 11) is -3.05. The maximum atomic E-state index is 12.4. The Morgan fingerprint density at radius 3 is 2.85 bits per heavy atom. The van der Waals surface area contributed by atoms with Crippen LogP contribution in [0.5, 0.6) is 0 Å². The van der Waals surface area contributed by atoms with E-state index in [4.69, 9.17) is 0 Å². The van der Waals surface area contributed by atoms with Gasteiger partial charge in [-0.2, -0.15) is 0 Å². The molecule has 2 aliphatic rings. The summed E-state index contributed by atoms with van der Waals surface area (Å²) in [6.07, 6.45) is 1.57. The summed E-state index contributed by atoms with van der Waals surface area (Å²) in [5.74, 6) is -0.0263. The predicted octanol–water partition coefficient (Wildman–Crippen LogP) is -0.286. The first-order valence-electron chi connectivity index (χ1n) is 6.23. The molecule has 0 bridgehead atoms. The highest BCUT2D eigenvalue weighted by atomic mass is 35.5. The molecule has 6 nitrogen and oxygen atoms in total. The lowest BCUT2D eigenvalue weighted by Gasteiger charge is -2.37. The van der Waals surface area contributed by atoms with E-state index >= 15 is 0 Å². The standard InChI is InChI=1S/C12H15N3O3S.ClH/c16-12(9-3-1-2-4-13-9)15-6-5-14-10-7-19(17,18)8-11(10)15;/h1-4,10-11,14H,5-8H2;1H/t10-,11+;/m0./s1. The average molecular weight is 318 g/mol. The fourth-order valence-corrected chi connectivity index (χ4v) is 4.71. The molecule has 2 atom stereocenters. The van der Waals surface area contributed by atoms with Gasteiger partial charge in [0.25, 0.3) is 5.91 Å². The Morgan fingerprint density at radius 1 is 1.35 bits per heavy atom. The van der Waals surface area contributed by atoms with E-state index < -0.39 is 9.84 Å². The van der Waals surface area contributed by atoms with Gasteiger partial charge in [0.05, 0.1) is 17.5 Å². The number of hydrogen-bond donors (Lipinski definition) is 1. The van der Waals surface area contributed by atoms with Gasteiger partial charge < -0.3 is 10.2 Å². The van der Waals surface area contributed by atoms with Gasteiger partial charge in [-0.25, -0.2) is 8.42 Å². The molecule has 2 aliphatic heterocycles. The van der Waals surface area contributed by atoms with Gasteiger partial charge in [0, 0.05) is 25.3 Å². The third-order valence-electron chi connectivity index (χ3n) is 3.63. The van der Waals surface area contributed by atoms with Crippen molar-refractivity contribution in [3.05, 3.63) is 30.1 Å². The fraction of sp³-hybridized carbons (Fsp3) is 0.500. The van der Waals surface area contributed by atoms with E-state index in [1.807, 2.05) is 0 Å². The molecule has 1 aromatic rings. The summed E-state index contributed by atoms with van der Waals surface area (Å²) < 4.78 is 23.4. The van der Waals surface area contributed by atoms with Crippen LogP contribution in [0.2, 0.25) is 0 Å². The van der Waals surface area contributed by atoms with Crippen LogP contribution in [-0.4, -0.2) is 60.9 Å². The minimum Gasteiger partial charge on any atom is -0.330 e. The molecular weight excluding hydrogens is 302 g/mol. The lowest BCUT2D eigenvalue weighted by Crippen LogP contribution is -2.59. The maximum Gasteiger partial charge on any atom is 0.272 e. The van der Waals surface area contributed by atoms with Gasteiger partial charge in [0.1, 0.15) is 5.69 Å². The monoisotopic (exact) mass is 317 g/mol. The lowest BCUT2D eigenvalue weighted by atomic mass is 10.1. The van der Waals surface area contributed by atoms with E-state index in [-0.39, 0.29) is 41.9 Å². The number of rotatable bonds is 1. The van der Waals surface area contributed by atoms with Crippen LogP contribution < -0.4 is 5.32 Å². The molecule has 0 saturated carbocycles. The van der Waals surface area contributed by atoms with Crippen LogP contribution >= 0.6 is 12.4 Å². The molecule has 0 aliphatic carbocycles. The summed E-state index contributed by atoms with van der Waals surface area (Å²) in [5.41, 5.74) is 0.368. The van der Waals surface area contributed by atoms with Gasteiger partial charge >= 0.3 is 0 Å². The Kier molecular flexibility index (Phi) is 4.31. The van der Waals surface area contributed by atoms with Crippen LogP contribution in [0, 0.1) is 0 Å². The molecule has 1 N–H and O–H groups in total. The zero-order valence-electron chi connectivity index (χ0n) is 10.7. The van der Waals surface area contributed by atoms with Crippen LogP contribution in [0.15, 0.2) is 24.4 Å². The molecule has 0 aromatic carbocycles. The van der Waals surface area contributed by atoms with Gasteiger partial charge in [-0.05, 0) is 12.1 Å². The van der Waals surface area contributed by atoms with Crippen LogP contribution in [0.25, 0.3) is 0 Å². The first-order chi connectivity index (χ1) is 9.07. The van der Waals surface area contributed by atoms with Crippen molar-refractivity contribution in [2.45, 2.75) is 12.1 Å². The SMILES string of the molecule is Cl.O=C(c1ccccn1)N1CCN[C@H]2CS(=O)(=O)C[C@H]21. The Labute approximate surface area is 123 Å². The average Bonchev–Trinajstić information content (AvgIpc) is 2.72. The van der Waals surface area contributed by atoms with Gasteiger partial charge in [-0.15, -0.1) is 12.4 Å². The number of carbonyl (C=O) groups is 1. The van der Waals surface area contributed by atoms with Crippen molar-refractivity contribution in [3.63, 3.8) is 0 Å². The quantitative estimate of drug-likeness (QED) is 0.770. The number of carbonyl (C=O) groups excluding carboxylic acids is 1. The van der Waals surface area contributed by atoms with Crippen LogP contribution in [0.4, 0.5) is 0 Å². The molecule has 0 radical (unpaired) electrons. The summed E-state index contributed by atoms with van der Waals surface area (Å²) in [6, 6.07) is 4.74. The van der Waals surface area contributed by atoms with Gasteiger partial charge in [0.2, 0.25) is 0 Å². The number of amides is 1. The molecule has 3 rings (SSSR count). The Hall–Kier alpha value is -1.18. The summed E-state index contributed by atoms with van der Waals surface area (Å²) in [6.45, 7) is 1.14. The molecule has 1 aromatic heterocycles. The summed E-state index contributed by atoms with van der Waals surface area (Å²) >= 11 is 0. The Morgan fingerprint density at radius 2 is 2.15 bits per heavy atom. The second-order valence-corrected chi connectivity index (χ2v) is 7.07. The predicted molar refractivity (Wildman–Crippen MR) is 76.8 cm³/mol. The number of nitrogens with one attached hydrogen (secondary N) is 1. The van der Waals surface area contributed by atoms with E-state index in [0.717, 1.165) is 0 Å². The summed E-state index contributed by atoms with van der Waals surface area (Å²) in [4.78, 5) is 18.1. The van der Waals surface area contributed by atoms with E-state index in [1.165, 1.54) is 0 Å². The number of piperazine rings is 1. The third-order valence-corrected chi connectivity index (χ3v) is 5.34. The van der Waals surface area contributed by atoms with Gasteiger partial charge in [0.15, 0.2) is 9.84 Å². The van der Waals surface area contributed by atoms with Gasteiger partial charge in [-0.1, -0.05) is 6.07 Å². The maximum absolute atomic E-state index is 12.4. The zero-order valence-corrected chi connectivity index (χ0v) is 12.4. The molecule has 2 saturated heterocycles. The summed E-state index contributed by atoms with van der Waals surface area (Å²) in [5, 5.41) is 3.18. The smallest absolute Gasteiger partial charge is 0.272 e. The number of pyridine rings is 1. The minimum atomic E-state index is -3.05. The molecule has 20 heavy (non-hydrogen) atoms. The largest absolute Gasteiger partial charge is 0.330 e. The van der Waals surface area contributed by atoms with Crippen molar-refractivity contribution >= 4 is 28.2 Å². The van der Waals surface area contributed by atoms with E-state index in [2.05, 4.69) is 10.3 Å². The highest BCUT2D eigenvalue weighted by Crippen LogP contribution is 2.22. The highest BCUT2D eigenvalue weighted by molar-refractivity contribution is 7.91. The number of sulfone groups is 1. The lowest BCUT2D eigenvalue weighted by molar-refractivity contribution is 0.0615. The van der Waals surface area contributed by atoms with Gasteiger partial charge in [-0.3, -0.25) is 9.78 Å². The van der Waals surface area contributed by atoms with Crippen molar-refractivity contribution < 1.29 is 13.2 Å². The van der Waals surface area contributed by atoms with Crippen LogP contribution in [0.1, 0.15) is 10.5 Å². The van der Waals surface area contributed by atoms with Crippen molar-refractivity contribution in [2.75, 3.05) is 24.6 Å². The molecule has 0 unspecified atom stereocenters. The van der Waals surface area contributed by atoms with E-state index in [0.29, 0.717) is 18.8 Å². The number of aromatic nitrogens is 1. The molecule has 2 fully saturated rings. The molecule has 8 heteroatoms. The Balaban J connectivity index is 0.00000147. The van der Waals surface area contributed by atoms with Crippen LogP contribution in [0.3, 0.4) is 0 Å². The van der Waals surface area contributed by atoms with Crippen molar-refractivity contribution in [3.8, 4) is 0 Å². The van der Waals surface area contributed by atoms with E-state index in [1.54, 1.807) is 29.3 Å². The second-order valence-electron chi connectivity index (χ2n) is 4.92. The number of nitrogens with zero attached hydrogens (tertiary/aromatic N) is 2. The van der Waals surface area contributed by atoms with E-state index in [9.17, 15) is 13.2 Å². The van der Waals surface area contributed by atoms with Crippen LogP contribution in [-0.2, 0) is 9.84 Å². The fourth-order valence-electron chi connectivity index (χ4n) is 2.76. The zero-order chi connectivity index (χ0) is 13.5. The topological polar surface area (TPSA) is 79.4 Å². The second kappa shape index (κ2) is 5.67. The number of fused-ring (bicyclic) bond motifs is 1. The third kappa shape index (κ3) is 2.79. The number of halogens is 1. The minimum absolute atomic E-state index is 0. The molecule has 3 heterocycles. The molecule has 110 valence electrons. The highest BCUT2D eigenvalue weighted by Gasteiger charge is 2.44.